The van der Waals surface area contributed by atoms with Crippen LogP contribution in [-0.2, 0) is 15.8 Å². The highest BCUT2D eigenvalue weighted by Gasteiger charge is 2.33. The van der Waals surface area contributed by atoms with E-state index in [0.29, 0.717) is 11.8 Å². The smallest absolute Gasteiger partial charge is 0.417 e. The number of hydrogen-bond donors (Lipinski definition) is 1. The summed E-state index contributed by atoms with van der Waals surface area (Å²) in [7, 11) is 1.36. The molecule has 12 heteroatoms. The first kappa shape index (κ1) is 23.9. The van der Waals surface area contributed by atoms with E-state index < -0.39 is 33.5 Å². The first-order chi connectivity index (χ1) is 14.5. The molecular formula is C19H17ClF3N3O5. The van der Waals surface area contributed by atoms with Gasteiger partial charge in [-0.1, -0.05) is 11.6 Å². The van der Waals surface area contributed by atoms with Crippen LogP contribution in [-0.4, -0.2) is 41.8 Å². The Morgan fingerprint density at radius 2 is 1.84 bits per heavy atom. The number of hydrogen-bond acceptors (Lipinski definition) is 5. The molecule has 0 saturated carbocycles. The Morgan fingerprint density at radius 3 is 2.42 bits per heavy atom. The maximum atomic E-state index is 12.9. The number of ether oxygens (including phenoxy) is 1. The zero-order chi connectivity index (χ0) is 23.2. The molecular weight excluding hydrogens is 443 g/mol. The Kier molecular flexibility index (Phi) is 7.81. The van der Waals surface area contributed by atoms with Crippen molar-refractivity contribution in [2.24, 2.45) is 0 Å². The molecule has 166 valence electrons. The summed E-state index contributed by atoms with van der Waals surface area (Å²) >= 11 is 5.53. The number of halogens is 4. The summed E-state index contributed by atoms with van der Waals surface area (Å²) in [5, 5.41) is 12.4. The van der Waals surface area contributed by atoms with Gasteiger partial charge >= 0.3 is 6.18 Å². The minimum atomic E-state index is -4.67. The topological polar surface area (TPSA) is 102 Å². The third-order valence-electron chi connectivity index (χ3n) is 3.99. The molecule has 2 aromatic carbocycles. The molecule has 0 atom stereocenters. The van der Waals surface area contributed by atoms with Crippen LogP contribution >= 0.6 is 11.6 Å². The average Bonchev–Trinajstić information content (AvgIpc) is 2.68. The van der Waals surface area contributed by atoms with Gasteiger partial charge in [0.05, 0.1) is 35.1 Å². The van der Waals surface area contributed by atoms with E-state index in [1.165, 1.54) is 37.4 Å². The van der Waals surface area contributed by atoms with Gasteiger partial charge in [-0.2, -0.15) is 13.2 Å². The number of amides is 2. The number of nitro groups is 1. The van der Waals surface area contributed by atoms with E-state index in [0.717, 1.165) is 11.0 Å². The number of carbonyl (C=O) groups excluding carboxylic acids is 2. The number of likely N-dealkylation sites (N-methyl/N-ethyl adjacent to an activating group) is 1. The van der Waals surface area contributed by atoms with E-state index in [1.807, 2.05) is 0 Å². The zero-order valence-corrected chi connectivity index (χ0v) is 16.9. The summed E-state index contributed by atoms with van der Waals surface area (Å²) in [6.45, 7) is -0.422. The number of rotatable bonds is 8. The highest BCUT2D eigenvalue weighted by molar-refractivity contribution is 6.31. The van der Waals surface area contributed by atoms with Crippen LogP contribution < -0.4 is 10.1 Å². The van der Waals surface area contributed by atoms with E-state index >= 15 is 0 Å². The van der Waals surface area contributed by atoms with Crippen LogP contribution in [0.5, 0.6) is 5.75 Å². The predicted molar refractivity (Wildman–Crippen MR) is 106 cm³/mol. The third-order valence-corrected chi connectivity index (χ3v) is 4.32. The van der Waals surface area contributed by atoms with Gasteiger partial charge in [-0.05, 0) is 30.3 Å². The molecule has 0 aliphatic heterocycles. The maximum absolute atomic E-state index is 12.9. The van der Waals surface area contributed by atoms with Crippen LogP contribution in [0, 0.1) is 10.1 Å². The molecule has 31 heavy (non-hydrogen) atoms. The molecule has 0 heterocycles. The first-order valence-electron chi connectivity index (χ1n) is 8.75. The second kappa shape index (κ2) is 10.1. The fraction of sp³-hybridized carbons (Fsp3) is 0.263. The van der Waals surface area contributed by atoms with Crippen LogP contribution in [0.2, 0.25) is 5.02 Å². The fourth-order valence-electron chi connectivity index (χ4n) is 2.44. The van der Waals surface area contributed by atoms with Gasteiger partial charge in [0.2, 0.25) is 11.8 Å². The van der Waals surface area contributed by atoms with Crippen molar-refractivity contribution in [1.82, 2.24) is 4.90 Å². The van der Waals surface area contributed by atoms with Crippen molar-refractivity contribution in [2.45, 2.75) is 12.6 Å². The van der Waals surface area contributed by atoms with E-state index in [9.17, 15) is 32.9 Å². The SMILES string of the molecule is CN(CC(=O)Nc1ccc(Cl)c(C(F)(F)F)c1)C(=O)CCOc1ccc([N+](=O)[O-])cc1. The van der Waals surface area contributed by atoms with E-state index in [4.69, 9.17) is 16.3 Å². The van der Waals surface area contributed by atoms with Crippen molar-refractivity contribution in [2.75, 3.05) is 25.5 Å². The summed E-state index contributed by atoms with van der Waals surface area (Å²) in [5.41, 5.74) is -1.29. The lowest BCUT2D eigenvalue weighted by Gasteiger charge is -2.17. The first-order valence-corrected chi connectivity index (χ1v) is 9.13. The molecule has 0 spiro atoms. The second-order valence-corrected chi connectivity index (χ2v) is 6.75. The third kappa shape index (κ3) is 7.14. The molecule has 0 aliphatic carbocycles. The lowest BCUT2D eigenvalue weighted by molar-refractivity contribution is -0.384. The van der Waals surface area contributed by atoms with Gasteiger partial charge in [-0.25, -0.2) is 0 Å². The number of non-ortho nitro benzene ring substituents is 1. The number of carbonyl (C=O) groups is 2. The Morgan fingerprint density at radius 1 is 1.19 bits per heavy atom. The van der Waals surface area contributed by atoms with Gasteiger partial charge < -0.3 is 15.0 Å². The second-order valence-electron chi connectivity index (χ2n) is 6.34. The lowest BCUT2D eigenvalue weighted by Crippen LogP contribution is -2.35. The molecule has 0 fully saturated rings. The van der Waals surface area contributed by atoms with Crippen LogP contribution in [0.1, 0.15) is 12.0 Å². The molecule has 2 amide bonds. The van der Waals surface area contributed by atoms with Crippen LogP contribution in [0.4, 0.5) is 24.5 Å². The normalized spacial score (nSPS) is 11.0. The summed E-state index contributed by atoms with van der Waals surface area (Å²) in [6.07, 6.45) is -4.76. The highest BCUT2D eigenvalue weighted by Crippen LogP contribution is 2.36. The van der Waals surface area contributed by atoms with Crippen molar-refractivity contribution >= 4 is 34.8 Å². The number of benzene rings is 2. The predicted octanol–water partition coefficient (Wildman–Crippen LogP) is 4.13. The molecule has 0 aliphatic rings. The Balaban J connectivity index is 1.83. The van der Waals surface area contributed by atoms with Crippen LogP contribution in [0.3, 0.4) is 0 Å². The molecule has 0 saturated heterocycles. The summed E-state index contributed by atoms with van der Waals surface area (Å²) in [4.78, 5) is 35.3. The van der Waals surface area contributed by atoms with Gasteiger partial charge in [0.25, 0.3) is 5.69 Å². The number of anilines is 1. The molecule has 2 rings (SSSR count). The Hall–Kier alpha value is -3.34. The lowest BCUT2D eigenvalue weighted by atomic mass is 10.2. The van der Waals surface area contributed by atoms with Gasteiger partial charge in [0.15, 0.2) is 0 Å². The average molecular weight is 460 g/mol. The van der Waals surface area contributed by atoms with Crippen LogP contribution in [0.15, 0.2) is 42.5 Å². The van der Waals surface area contributed by atoms with Crippen molar-refractivity contribution < 1.29 is 32.4 Å². The standard InChI is InChI=1S/C19H17ClF3N3O5/c1-25(18(28)8-9-31-14-5-3-13(4-6-14)26(29)30)11-17(27)24-12-2-7-16(20)15(10-12)19(21,22)23/h2-7,10H,8-9,11H2,1H3,(H,24,27). The number of nitrogens with zero attached hydrogens (tertiary/aromatic N) is 2. The number of alkyl halides is 3. The van der Waals surface area contributed by atoms with Crippen molar-refractivity contribution in [1.29, 1.82) is 0 Å². The van der Waals surface area contributed by atoms with Crippen molar-refractivity contribution in [3.05, 3.63) is 63.2 Å². The molecule has 1 N–H and O–H groups in total. The zero-order valence-electron chi connectivity index (χ0n) is 16.1. The van der Waals surface area contributed by atoms with E-state index in [-0.39, 0.29) is 30.9 Å². The molecule has 0 aromatic heterocycles. The minimum Gasteiger partial charge on any atom is -0.493 e. The summed E-state index contributed by atoms with van der Waals surface area (Å²) in [6, 6.07) is 8.24. The van der Waals surface area contributed by atoms with E-state index in [1.54, 1.807) is 0 Å². The molecule has 0 radical (unpaired) electrons. The van der Waals surface area contributed by atoms with E-state index in [2.05, 4.69) is 5.32 Å². The van der Waals surface area contributed by atoms with Gasteiger partial charge in [0, 0.05) is 24.9 Å². The van der Waals surface area contributed by atoms with Gasteiger partial charge in [0.1, 0.15) is 5.75 Å². The molecule has 2 aromatic rings. The quantitative estimate of drug-likeness (QED) is 0.472. The number of nitrogens with one attached hydrogen (secondary N) is 1. The maximum Gasteiger partial charge on any atom is 0.417 e. The largest absolute Gasteiger partial charge is 0.493 e. The summed E-state index contributed by atoms with van der Waals surface area (Å²) < 4.78 is 44.0. The fourth-order valence-corrected chi connectivity index (χ4v) is 2.66. The number of nitro benzene ring substituents is 1. The minimum absolute atomic E-state index is 0.0330. The monoisotopic (exact) mass is 459 g/mol. The Labute approximate surface area is 179 Å². The van der Waals surface area contributed by atoms with Gasteiger partial charge in [-0.3, -0.25) is 19.7 Å². The Bertz CT molecular complexity index is 967. The van der Waals surface area contributed by atoms with Crippen molar-refractivity contribution in [3.8, 4) is 5.75 Å². The van der Waals surface area contributed by atoms with Crippen LogP contribution in [0.25, 0.3) is 0 Å². The molecule has 8 nitrogen and oxygen atoms in total. The van der Waals surface area contributed by atoms with Crippen molar-refractivity contribution in [3.63, 3.8) is 0 Å². The highest BCUT2D eigenvalue weighted by atomic mass is 35.5. The molecule has 0 bridgehead atoms. The summed E-state index contributed by atoms with van der Waals surface area (Å²) in [5.74, 6) is -0.797. The van der Waals surface area contributed by atoms with Gasteiger partial charge in [-0.15, -0.1) is 0 Å². The molecule has 0 unspecified atom stereocenters.